The van der Waals surface area contributed by atoms with Gasteiger partial charge in [0.05, 0.1) is 0 Å². The number of thiazole rings is 1. The molecule has 0 aromatic carbocycles. The van der Waals surface area contributed by atoms with Gasteiger partial charge in [0.25, 0.3) is 5.91 Å². The van der Waals surface area contributed by atoms with Crippen molar-refractivity contribution in [2.45, 2.75) is 31.7 Å². The van der Waals surface area contributed by atoms with Crippen molar-refractivity contribution in [1.29, 1.82) is 0 Å². The van der Waals surface area contributed by atoms with Crippen LogP contribution in [0.2, 0.25) is 0 Å². The van der Waals surface area contributed by atoms with Crippen molar-refractivity contribution < 1.29 is 14.7 Å². The number of carbonyl (C=O) groups is 2. The van der Waals surface area contributed by atoms with Crippen molar-refractivity contribution in [2.75, 3.05) is 6.54 Å². The molecule has 0 aliphatic heterocycles. The molecule has 0 saturated heterocycles. The third-order valence-corrected chi connectivity index (χ3v) is 4.14. The molecule has 5 nitrogen and oxygen atoms in total. The number of carboxylic acid groups (broad SMARTS) is 1. The predicted octanol–water partition coefficient (Wildman–Crippen LogP) is 1.86. The zero-order chi connectivity index (χ0) is 12.7. The van der Waals surface area contributed by atoms with Gasteiger partial charge in [-0.15, -0.1) is 11.3 Å². The summed E-state index contributed by atoms with van der Waals surface area (Å²) in [5.74, 6) is -0.527. The van der Waals surface area contributed by atoms with Crippen LogP contribution in [-0.2, 0) is 0 Å². The standard InChI is InChI=1S/C12H14N2O3S/c15-11(10-13-9(6-18-10)12(16)17)14(8-3-4-8)5-7-1-2-7/h6-8H,1-5H2,(H,16,17). The van der Waals surface area contributed by atoms with Gasteiger partial charge in [-0.2, -0.15) is 0 Å². The van der Waals surface area contributed by atoms with Crippen LogP contribution in [0.1, 0.15) is 46.0 Å². The molecule has 2 aliphatic rings. The summed E-state index contributed by atoms with van der Waals surface area (Å²) in [6, 6.07) is 0.357. The van der Waals surface area contributed by atoms with Gasteiger partial charge < -0.3 is 10.0 Å². The highest BCUT2D eigenvalue weighted by Gasteiger charge is 2.37. The van der Waals surface area contributed by atoms with Crippen molar-refractivity contribution in [1.82, 2.24) is 9.88 Å². The number of aromatic carboxylic acids is 1. The van der Waals surface area contributed by atoms with E-state index in [1.807, 2.05) is 4.90 Å². The van der Waals surface area contributed by atoms with Gasteiger partial charge in [-0.1, -0.05) is 0 Å². The minimum absolute atomic E-state index is 0.0366. The van der Waals surface area contributed by atoms with E-state index in [2.05, 4.69) is 4.98 Å². The largest absolute Gasteiger partial charge is 0.476 e. The van der Waals surface area contributed by atoms with Gasteiger partial charge in [0.1, 0.15) is 0 Å². The molecule has 2 aliphatic carbocycles. The number of carbonyl (C=O) groups excluding carboxylic acids is 1. The fourth-order valence-corrected chi connectivity index (χ4v) is 2.70. The molecule has 0 unspecified atom stereocenters. The van der Waals surface area contributed by atoms with E-state index in [1.54, 1.807) is 0 Å². The summed E-state index contributed by atoms with van der Waals surface area (Å²) in [5, 5.41) is 10.5. The van der Waals surface area contributed by atoms with Crippen molar-refractivity contribution >= 4 is 23.2 Å². The monoisotopic (exact) mass is 266 g/mol. The molecule has 0 atom stereocenters. The second kappa shape index (κ2) is 4.35. The molecule has 1 N–H and O–H groups in total. The van der Waals surface area contributed by atoms with Gasteiger partial charge in [-0.3, -0.25) is 4.79 Å². The summed E-state index contributed by atoms with van der Waals surface area (Å²) >= 11 is 1.12. The average Bonchev–Trinajstić information content (AvgIpc) is 3.24. The number of hydrogen-bond donors (Lipinski definition) is 1. The Morgan fingerprint density at radius 3 is 2.61 bits per heavy atom. The number of nitrogens with zero attached hydrogens (tertiary/aromatic N) is 2. The lowest BCUT2D eigenvalue weighted by Gasteiger charge is -2.20. The number of amides is 1. The van der Waals surface area contributed by atoms with Crippen LogP contribution in [0.5, 0.6) is 0 Å². The summed E-state index contributed by atoms with van der Waals surface area (Å²) < 4.78 is 0. The topological polar surface area (TPSA) is 70.5 Å². The second-order valence-corrected chi connectivity index (χ2v) is 5.83. The summed E-state index contributed by atoms with van der Waals surface area (Å²) in [5.41, 5.74) is -0.0366. The smallest absolute Gasteiger partial charge is 0.355 e. The first kappa shape index (κ1) is 11.6. The zero-order valence-corrected chi connectivity index (χ0v) is 10.7. The molecule has 18 heavy (non-hydrogen) atoms. The van der Waals surface area contributed by atoms with E-state index in [9.17, 15) is 9.59 Å². The van der Waals surface area contributed by atoms with Gasteiger partial charge >= 0.3 is 5.97 Å². The first-order valence-electron chi connectivity index (χ1n) is 6.15. The maximum absolute atomic E-state index is 12.3. The minimum atomic E-state index is -1.08. The van der Waals surface area contributed by atoms with E-state index in [4.69, 9.17) is 5.11 Å². The Morgan fingerprint density at radius 1 is 1.39 bits per heavy atom. The molecule has 2 fully saturated rings. The summed E-state index contributed by atoms with van der Waals surface area (Å²) in [7, 11) is 0. The predicted molar refractivity (Wildman–Crippen MR) is 65.9 cm³/mol. The third kappa shape index (κ3) is 2.38. The maximum Gasteiger partial charge on any atom is 0.355 e. The van der Waals surface area contributed by atoms with E-state index < -0.39 is 5.97 Å². The van der Waals surface area contributed by atoms with Crippen LogP contribution in [0.25, 0.3) is 0 Å². The lowest BCUT2D eigenvalue weighted by molar-refractivity contribution is 0.0691. The highest BCUT2D eigenvalue weighted by molar-refractivity contribution is 7.11. The van der Waals surface area contributed by atoms with Crippen molar-refractivity contribution in [2.24, 2.45) is 5.92 Å². The Hall–Kier alpha value is -1.43. The summed E-state index contributed by atoms with van der Waals surface area (Å²) in [4.78, 5) is 28.9. The van der Waals surface area contributed by atoms with Crippen molar-refractivity contribution in [3.05, 3.63) is 16.1 Å². The fraction of sp³-hybridized carbons (Fsp3) is 0.583. The molecule has 1 heterocycles. The van der Waals surface area contributed by atoms with E-state index >= 15 is 0 Å². The fourth-order valence-electron chi connectivity index (χ4n) is 1.96. The third-order valence-electron chi connectivity index (χ3n) is 3.31. The second-order valence-electron chi connectivity index (χ2n) is 4.98. The van der Waals surface area contributed by atoms with Crippen molar-refractivity contribution in [3.63, 3.8) is 0 Å². The molecular formula is C12H14N2O3S. The zero-order valence-electron chi connectivity index (χ0n) is 9.83. The van der Waals surface area contributed by atoms with Crippen LogP contribution in [0.3, 0.4) is 0 Å². The summed E-state index contributed by atoms with van der Waals surface area (Å²) in [6.45, 7) is 0.811. The van der Waals surface area contributed by atoms with Crippen LogP contribution in [-0.4, -0.2) is 39.5 Å². The molecule has 0 spiro atoms. The number of carboxylic acids is 1. The quantitative estimate of drug-likeness (QED) is 0.883. The highest BCUT2D eigenvalue weighted by atomic mass is 32.1. The van der Waals surface area contributed by atoms with E-state index in [0.717, 1.165) is 30.7 Å². The Labute approximate surface area is 108 Å². The molecular weight excluding hydrogens is 252 g/mol. The Kier molecular flexibility index (Phi) is 2.81. The van der Waals surface area contributed by atoms with Crippen LogP contribution < -0.4 is 0 Å². The molecule has 1 amide bonds. The van der Waals surface area contributed by atoms with Gasteiger partial charge in [0, 0.05) is 18.0 Å². The molecule has 2 saturated carbocycles. The Bertz CT molecular complexity index is 491. The van der Waals surface area contributed by atoms with E-state index in [0.29, 0.717) is 17.0 Å². The van der Waals surface area contributed by atoms with Gasteiger partial charge in [-0.25, -0.2) is 9.78 Å². The van der Waals surface area contributed by atoms with Crippen LogP contribution in [0.4, 0.5) is 0 Å². The van der Waals surface area contributed by atoms with E-state index in [1.165, 1.54) is 18.2 Å². The van der Waals surface area contributed by atoms with Crippen LogP contribution in [0.15, 0.2) is 5.38 Å². The SMILES string of the molecule is O=C(O)c1csc(C(=O)N(CC2CC2)C2CC2)n1. The van der Waals surface area contributed by atoms with Gasteiger partial charge in [-0.05, 0) is 31.6 Å². The molecule has 0 bridgehead atoms. The van der Waals surface area contributed by atoms with Crippen LogP contribution >= 0.6 is 11.3 Å². The molecule has 96 valence electrons. The Morgan fingerprint density at radius 2 is 2.11 bits per heavy atom. The average molecular weight is 266 g/mol. The first-order chi connectivity index (χ1) is 8.65. The minimum Gasteiger partial charge on any atom is -0.476 e. The number of hydrogen-bond acceptors (Lipinski definition) is 4. The van der Waals surface area contributed by atoms with Crippen LogP contribution in [0, 0.1) is 5.92 Å². The van der Waals surface area contributed by atoms with Gasteiger partial charge in [0.2, 0.25) is 0 Å². The lowest BCUT2D eigenvalue weighted by atomic mass is 10.3. The molecule has 0 radical (unpaired) electrons. The lowest BCUT2D eigenvalue weighted by Crippen LogP contribution is -2.34. The maximum atomic E-state index is 12.3. The van der Waals surface area contributed by atoms with E-state index in [-0.39, 0.29) is 11.6 Å². The summed E-state index contributed by atoms with van der Waals surface area (Å²) in [6.07, 6.45) is 4.54. The number of aromatic nitrogens is 1. The first-order valence-corrected chi connectivity index (χ1v) is 7.03. The molecule has 1 aromatic rings. The van der Waals surface area contributed by atoms with Crippen molar-refractivity contribution in [3.8, 4) is 0 Å². The molecule has 6 heteroatoms. The van der Waals surface area contributed by atoms with Gasteiger partial charge in [0.15, 0.2) is 10.7 Å². The molecule has 3 rings (SSSR count). The number of rotatable bonds is 5. The highest BCUT2D eigenvalue weighted by Crippen LogP contribution is 2.35. The molecule has 1 aromatic heterocycles. The normalized spacial score (nSPS) is 18.7. The Balaban J connectivity index is 1.75.